The Kier molecular flexibility index (Phi) is 5.42. The Balaban J connectivity index is 1.86. The van der Waals surface area contributed by atoms with Gasteiger partial charge in [-0.3, -0.25) is 9.59 Å². The van der Waals surface area contributed by atoms with Gasteiger partial charge < -0.3 is 14.5 Å². The van der Waals surface area contributed by atoms with Crippen molar-refractivity contribution in [3.63, 3.8) is 0 Å². The summed E-state index contributed by atoms with van der Waals surface area (Å²) in [6, 6.07) is 5.39. The molecule has 3 rings (SSSR count). The third-order valence-corrected chi connectivity index (χ3v) is 5.11. The van der Waals surface area contributed by atoms with Crippen LogP contribution in [0.15, 0.2) is 18.2 Å². The number of rotatable bonds is 5. The highest BCUT2D eigenvalue weighted by molar-refractivity contribution is 6.02. The van der Waals surface area contributed by atoms with Crippen molar-refractivity contribution in [3.8, 4) is 5.75 Å². The number of benzene rings is 1. The number of piperidine rings is 1. The lowest BCUT2D eigenvalue weighted by molar-refractivity contribution is -0.128. The van der Waals surface area contributed by atoms with Gasteiger partial charge in [-0.25, -0.2) is 0 Å². The van der Waals surface area contributed by atoms with E-state index in [4.69, 9.17) is 4.74 Å². The van der Waals surface area contributed by atoms with Crippen molar-refractivity contribution in [1.29, 1.82) is 0 Å². The minimum Gasteiger partial charge on any atom is -0.478 e. The van der Waals surface area contributed by atoms with Gasteiger partial charge in [0.15, 0.2) is 11.9 Å². The fraction of sp³-hybridized carbons (Fsp3) is 0.600. The molecule has 0 radical (unpaired) electrons. The summed E-state index contributed by atoms with van der Waals surface area (Å²) in [5, 5.41) is 0. The van der Waals surface area contributed by atoms with E-state index in [1.165, 1.54) is 19.3 Å². The molecule has 1 fully saturated rings. The van der Waals surface area contributed by atoms with Crippen LogP contribution < -0.4 is 9.64 Å². The molecule has 1 amide bonds. The van der Waals surface area contributed by atoms with Crippen molar-refractivity contribution in [1.82, 2.24) is 4.90 Å². The average Bonchev–Trinajstić information content (AvgIpc) is 2.60. The van der Waals surface area contributed by atoms with Crippen LogP contribution in [-0.2, 0) is 4.79 Å². The minimum atomic E-state index is -0.461. The lowest BCUT2D eigenvalue weighted by Crippen LogP contribution is -2.50. The van der Waals surface area contributed by atoms with Crippen molar-refractivity contribution in [2.75, 3.05) is 31.1 Å². The van der Waals surface area contributed by atoms with Crippen LogP contribution in [0, 0.1) is 5.92 Å². The topological polar surface area (TPSA) is 49.9 Å². The summed E-state index contributed by atoms with van der Waals surface area (Å²) >= 11 is 0. The van der Waals surface area contributed by atoms with Crippen LogP contribution in [0.1, 0.15) is 50.4 Å². The van der Waals surface area contributed by atoms with E-state index >= 15 is 0 Å². The van der Waals surface area contributed by atoms with Gasteiger partial charge in [-0.1, -0.05) is 20.3 Å². The molecule has 0 N–H and O–H groups in total. The zero-order chi connectivity index (χ0) is 18.0. The second-order valence-corrected chi connectivity index (χ2v) is 7.41. The zero-order valence-corrected chi connectivity index (χ0v) is 15.5. The van der Waals surface area contributed by atoms with Crippen molar-refractivity contribution in [2.24, 2.45) is 5.92 Å². The van der Waals surface area contributed by atoms with Crippen LogP contribution >= 0.6 is 0 Å². The molecule has 25 heavy (non-hydrogen) atoms. The fourth-order valence-electron chi connectivity index (χ4n) is 3.58. The molecule has 2 heterocycles. The Bertz CT molecular complexity index is 650. The second kappa shape index (κ2) is 7.56. The molecule has 0 spiro atoms. The Labute approximate surface area is 149 Å². The summed E-state index contributed by atoms with van der Waals surface area (Å²) in [6.45, 7) is 9.25. The van der Waals surface area contributed by atoms with Crippen LogP contribution in [0.25, 0.3) is 0 Å². The summed E-state index contributed by atoms with van der Waals surface area (Å²) < 4.78 is 5.95. The molecule has 136 valence electrons. The average molecular weight is 344 g/mol. The van der Waals surface area contributed by atoms with E-state index in [2.05, 4.69) is 4.90 Å². The van der Waals surface area contributed by atoms with E-state index in [1.54, 1.807) is 19.1 Å². The van der Waals surface area contributed by atoms with Crippen LogP contribution in [0.2, 0.25) is 0 Å². The molecule has 0 aromatic heterocycles. The van der Waals surface area contributed by atoms with E-state index in [1.807, 2.05) is 24.8 Å². The molecule has 0 bridgehead atoms. The number of hydrogen-bond donors (Lipinski definition) is 0. The molecular formula is C20H28N2O3. The Morgan fingerprint density at radius 3 is 2.56 bits per heavy atom. The van der Waals surface area contributed by atoms with Crippen LogP contribution in [0.4, 0.5) is 5.69 Å². The van der Waals surface area contributed by atoms with Crippen molar-refractivity contribution in [2.45, 2.75) is 46.1 Å². The Morgan fingerprint density at radius 1 is 1.20 bits per heavy atom. The van der Waals surface area contributed by atoms with E-state index < -0.39 is 6.10 Å². The molecule has 0 saturated carbocycles. The predicted molar refractivity (Wildman–Crippen MR) is 98.3 cm³/mol. The number of carbonyl (C=O) groups excluding carboxylic acids is 2. The SMILES string of the molecule is CC(=O)c1ccc2c(c1)N(CCN1CCCCC1)C(=O)C(C(C)C)O2. The number of Topliss-reactive ketones (excluding diaryl/α,β-unsaturated/α-hetero) is 1. The summed E-state index contributed by atoms with van der Waals surface area (Å²) in [7, 11) is 0. The number of ether oxygens (including phenoxy) is 1. The molecule has 2 aliphatic rings. The quantitative estimate of drug-likeness (QED) is 0.770. The number of fused-ring (bicyclic) bond motifs is 1. The Hall–Kier alpha value is -1.88. The number of hydrogen-bond acceptors (Lipinski definition) is 4. The largest absolute Gasteiger partial charge is 0.478 e. The third kappa shape index (κ3) is 3.87. The van der Waals surface area contributed by atoms with Gasteiger partial charge in [0.1, 0.15) is 5.75 Å². The van der Waals surface area contributed by atoms with Crippen molar-refractivity contribution < 1.29 is 14.3 Å². The maximum absolute atomic E-state index is 13.0. The zero-order valence-electron chi connectivity index (χ0n) is 15.5. The Morgan fingerprint density at radius 2 is 1.92 bits per heavy atom. The van der Waals surface area contributed by atoms with E-state index in [0.717, 1.165) is 25.3 Å². The van der Waals surface area contributed by atoms with Crippen LogP contribution in [0.5, 0.6) is 5.75 Å². The van der Waals surface area contributed by atoms with Gasteiger partial charge in [0.2, 0.25) is 0 Å². The van der Waals surface area contributed by atoms with Gasteiger partial charge in [-0.2, -0.15) is 0 Å². The molecule has 1 unspecified atom stereocenters. The van der Waals surface area contributed by atoms with Gasteiger partial charge >= 0.3 is 0 Å². The fourth-order valence-corrected chi connectivity index (χ4v) is 3.58. The maximum Gasteiger partial charge on any atom is 0.268 e. The molecule has 2 aliphatic heterocycles. The molecule has 1 atom stereocenters. The molecule has 1 aromatic carbocycles. The first-order chi connectivity index (χ1) is 12.0. The molecule has 5 nitrogen and oxygen atoms in total. The van der Waals surface area contributed by atoms with E-state index in [-0.39, 0.29) is 17.6 Å². The van der Waals surface area contributed by atoms with E-state index in [0.29, 0.717) is 17.9 Å². The summed E-state index contributed by atoms with van der Waals surface area (Å²) in [4.78, 5) is 29.0. The highest BCUT2D eigenvalue weighted by atomic mass is 16.5. The van der Waals surface area contributed by atoms with E-state index in [9.17, 15) is 9.59 Å². The first-order valence-corrected chi connectivity index (χ1v) is 9.32. The molecule has 0 aliphatic carbocycles. The molecule has 1 aromatic rings. The van der Waals surface area contributed by atoms with Gasteiger partial charge in [0.05, 0.1) is 5.69 Å². The number of nitrogens with zero attached hydrogens (tertiary/aromatic N) is 2. The van der Waals surface area contributed by atoms with Crippen LogP contribution in [0.3, 0.4) is 0 Å². The number of amides is 1. The third-order valence-electron chi connectivity index (χ3n) is 5.11. The standard InChI is InChI=1S/C20H28N2O3/c1-14(2)19-20(24)22(12-11-21-9-5-4-6-10-21)17-13-16(15(3)23)7-8-18(17)25-19/h7-8,13-14,19H,4-6,9-12H2,1-3H3. The highest BCUT2D eigenvalue weighted by Gasteiger charge is 2.36. The van der Waals surface area contributed by atoms with Gasteiger partial charge in [0, 0.05) is 18.7 Å². The monoisotopic (exact) mass is 344 g/mol. The second-order valence-electron chi connectivity index (χ2n) is 7.41. The van der Waals surface area contributed by atoms with Crippen molar-refractivity contribution >= 4 is 17.4 Å². The first kappa shape index (κ1) is 17.9. The predicted octanol–water partition coefficient (Wildman–Crippen LogP) is 3.13. The maximum atomic E-state index is 13.0. The van der Waals surface area contributed by atoms with Crippen molar-refractivity contribution in [3.05, 3.63) is 23.8 Å². The number of carbonyl (C=O) groups is 2. The molecule has 5 heteroatoms. The van der Waals surface area contributed by atoms with Gasteiger partial charge in [-0.15, -0.1) is 0 Å². The summed E-state index contributed by atoms with van der Waals surface area (Å²) in [6.07, 6.45) is 3.30. The number of likely N-dealkylation sites (tertiary alicyclic amines) is 1. The minimum absolute atomic E-state index is 0.000196. The summed E-state index contributed by atoms with van der Waals surface area (Å²) in [5.74, 6) is 0.796. The normalized spacial score (nSPS) is 21.2. The van der Waals surface area contributed by atoms with Crippen LogP contribution in [-0.4, -0.2) is 48.9 Å². The molecule has 1 saturated heterocycles. The molecular weight excluding hydrogens is 316 g/mol. The number of anilines is 1. The smallest absolute Gasteiger partial charge is 0.268 e. The number of ketones is 1. The van der Waals surface area contributed by atoms with Gasteiger partial charge in [0.25, 0.3) is 5.91 Å². The highest BCUT2D eigenvalue weighted by Crippen LogP contribution is 2.36. The lowest BCUT2D eigenvalue weighted by Gasteiger charge is -2.37. The summed E-state index contributed by atoms with van der Waals surface area (Å²) in [5.41, 5.74) is 1.34. The first-order valence-electron chi connectivity index (χ1n) is 9.32. The lowest BCUT2D eigenvalue weighted by atomic mass is 10.0. The van der Waals surface area contributed by atoms with Gasteiger partial charge in [-0.05, 0) is 57.0 Å².